The van der Waals surface area contributed by atoms with Crippen molar-refractivity contribution in [3.8, 4) is 5.75 Å². The Morgan fingerprint density at radius 3 is 2.54 bits per heavy atom. The minimum absolute atomic E-state index is 0.119. The van der Waals surface area contributed by atoms with Crippen LogP contribution in [0.1, 0.15) is 27.0 Å². The molecule has 1 unspecified atom stereocenters. The number of rotatable bonds is 11. The van der Waals surface area contributed by atoms with Crippen molar-refractivity contribution in [2.45, 2.75) is 57.0 Å². The van der Waals surface area contributed by atoms with Crippen LogP contribution in [0.4, 0.5) is 4.39 Å². The minimum atomic E-state index is -4.37. The van der Waals surface area contributed by atoms with Gasteiger partial charge in [0.2, 0.25) is 0 Å². The van der Waals surface area contributed by atoms with E-state index < -0.39 is 74.4 Å². The highest BCUT2D eigenvalue weighted by molar-refractivity contribution is 7.52. The maximum absolute atomic E-state index is 13.9. The molecule has 4 N–H and O–H groups in total. The summed E-state index contributed by atoms with van der Waals surface area (Å²) in [6.45, 7) is 2.39. The van der Waals surface area contributed by atoms with Gasteiger partial charge in [0.25, 0.3) is 5.56 Å². The van der Waals surface area contributed by atoms with Gasteiger partial charge in [-0.25, -0.2) is 13.8 Å². The van der Waals surface area contributed by atoms with Crippen LogP contribution in [-0.4, -0.2) is 69.0 Å². The number of hydrogen-bond acceptors (Lipinski definition) is 10. The summed E-state index contributed by atoms with van der Waals surface area (Å²) >= 11 is 0. The average Bonchev–Trinajstić information content (AvgIpc) is 3.08. The zero-order chi connectivity index (χ0) is 27.4. The minimum Gasteiger partial charge on any atom is -0.462 e. The van der Waals surface area contributed by atoms with Crippen molar-refractivity contribution in [3.63, 3.8) is 0 Å². The van der Waals surface area contributed by atoms with E-state index in [1.54, 1.807) is 32.0 Å². The van der Waals surface area contributed by atoms with Gasteiger partial charge in [-0.1, -0.05) is 18.2 Å². The number of nitrogens with zero attached hydrogens (tertiary/aromatic N) is 1. The first kappa shape index (κ1) is 28.7. The summed E-state index contributed by atoms with van der Waals surface area (Å²) in [7, 11) is -4.37. The fraction of sp³-hybridized carbons (Fsp3) is 0.500. The molecule has 0 amide bonds. The van der Waals surface area contributed by atoms with E-state index in [-0.39, 0.29) is 5.75 Å². The summed E-state index contributed by atoms with van der Waals surface area (Å²) in [6.07, 6.45) is -4.68. The second-order valence-corrected chi connectivity index (χ2v) is 10.3. The lowest BCUT2D eigenvalue weighted by molar-refractivity contribution is -0.149. The van der Waals surface area contributed by atoms with Gasteiger partial charge >= 0.3 is 19.4 Å². The van der Waals surface area contributed by atoms with Crippen molar-refractivity contribution in [1.82, 2.24) is 14.6 Å². The van der Waals surface area contributed by atoms with E-state index >= 15 is 0 Å². The molecule has 1 aromatic heterocycles. The molecule has 1 aromatic carbocycles. The number of carbonyl (C=O) groups is 1. The van der Waals surface area contributed by atoms with Gasteiger partial charge in [0.15, 0.2) is 11.8 Å². The standard InChI is InChI=1S/C22H29FN3O10P/c1-13(2)34-19(29)14(3)25-37(32,36-15-7-5-4-6-8-15)33-11-16-18(28)22(31,12-23)20(35-16)26-10-9-17(27)24-21(26)30/h4-10,13-14,16,18,20,28,31H,11-12H2,1-3H3,(H,25,32)(H,24,27,30)/t14-,16+,18+,20+,22+,37?/m0/s1. The highest BCUT2D eigenvalue weighted by Gasteiger charge is 2.57. The second kappa shape index (κ2) is 11.7. The number of ether oxygens (including phenoxy) is 2. The van der Waals surface area contributed by atoms with E-state index in [0.29, 0.717) is 4.57 Å². The van der Waals surface area contributed by atoms with Gasteiger partial charge < -0.3 is 24.2 Å². The molecule has 37 heavy (non-hydrogen) atoms. The first-order chi connectivity index (χ1) is 17.4. The zero-order valence-electron chi connectivity index (χ0n) is 20.3. The SMILES string of the molecule is CC(C)OC(=O)[C@H](C)NP(=O)(OC[C@H]1O[C@@H](n2ccc(=O)[nH]c2=O)[C@@](O)(CF)[C@@H]1O)Oc1ccccc1. The molecular formula is C22H29FN3O10P. The molecule has 1 aliphatic heterocycles. The highest BCUT2D eigenvalue weighted by Crippen LogP contribution is 2.47. The fourth-order valence-corrected chi connectivity index (χ4v) is 5.03. The Hall–Kier alpha value is -2.87. The normalized spacial score (nSPS) is 26.0. The zero-order valence-corrected chi connectivity index (χ0v) is 21.2. The maximum atomic E-state index is 13.9. The molecule has 2 heterocycles. The number of alkyl halides is 1. The van der Waals surface area contributed by atoms with Gasteiger partial charge in [0.1, 0.15) is 30.7 Å². The lowest BCUT2D eigenvalue weighted by Gasteiger charge is -2.28. The van der Waals surface area contributed by atoms with Crippen molar-refractivity contribution >= 4 is 13.7 Å². The molecule has 6 atom stereocenters. The van der Waals surface area contributed by atoms with Crippen LogP contribution in [0.25, 0.3) is 0 Å². The number of hydrogen-bond donors (Lipinski definition) is 4. The summed E-state index contributed by atoms with van der Waals surface area (Å²) in [4.78, 5) is 37.8. The Labute approximate surface area is 210 Å². The van der Waals surface area contributed by atoms with Gasteiger partial charge in [-0.2, -0.15) is 5.09 Å². The first-order valence-electron chi connectivity index (χ1n) is 11.3. The third-order valence-corrected chi connectivity index (χ3v) is 6.99. The molecule has 0 aliphatic carbocycles. The van der Waals surface area contributed by atoms with E-state index in [4.69, 9.17) is 18.5 Å². The van der Waals surface area contributed by atoms with Crippen LogP contribution in [0.15, 0.2) is 52.2 Å². The summed E-state index contributed by atoms with van der Waals surface area (Å²) in [5.41, 5.74) is -4.36. The molecule has 0 radical (unpaired) electrons. The number of benzene rings is 1. The van der Waals surface area contributed by atoms with Crippen molar-refractivity contribution in [2.24, 2.45) is 0 Å². The quantitative estimate of drug-likeness (QED) is 0.230. The van der Waals surface area contributed by atoms with Crippen molar-refractivity contribution in [1.29, 1.82) is 0 Å². The third kappa shape index (κ3) is 6.72. The van der Waals surface area contributed by atoms with Crippen molar-refractivity contribution in [3.05, 3.63) is 63.4 Å². The molecule has 13 nitrogen and oxygen atoms in total. The Kier molecular flexibility index (Phi) is 9.05. The molecule has 0 spiro atoms. The van der Waals surface area contributed by atoms with Crippen LogP contribution >= 0.6 is 7.75 Å². The van der Waals surface area contributed by atoms with E-state index in [2.05, 4.69) is 5.09 Å². The predicted molar refractivity (Wildman–Crippen MR) is 127 cm³/mol. The van der Waals surface area contributed by atoms with Crippen LogP contribution in [0.2, 0.25) is 0 Å². The Balaban J connectivity index is 1.83. The highest BCUT2D eigenvalue weighted by atomic mass is 31.2. The fourth-order valence-electron chi connectivity index (χ4n) is 3.53. The molecule has 1 aliphatic rings. The van der Waals surface area contributed by atoms with Crippen LogP contribution in [-0.2, 0) is 23.4 Å². The van der Waals surface area contributed by atoms with E-state index in [0.717, 1.165) is 12.3 Å². The van der Waals surface area contributed by atoms with E-state index in [9.17, 15) is 33.6 Å². The molecule has 0 bridgehead atoms. The Bertz CT molecular complexity index is 1240. The first-order valence-corrected chi connectivity index (χ1v) is 12.8. The topological polar surface area (TPSA) is 178 Å². The summed E-state index contributed by atoms with van der Waals surface area (Å²) in [5, 5.41) is 23.9. The third-order valence-electron chi connectivity index (χ3n) is 5.35. The van der Waals surface area contributed by atoms with Crippen LogP contribution in [0.5, 0.6) is 5.75 Å². The monoisotopic (exact) mass is 545 g/mol. The number of halogens is 1. The maximum Gasteiger partial charge on any atom is 0.459 e. The van der Waals surface area contributed by atoms with Gasteiger partial charge in [0, 0.05) is 12.3 Å². The smallest absolute Gasteiger partial charge is 0.459 e. The Morgan fingerprint density at radius 2 is 1.95 bits per heavy atom. The number of aromatic nitrogens is 2. The molecule has 204 valence electrons. The number of para-hydroxylation sites is 1. The lowest BCUT2D eigenvalue weighted by Crippen LogP contribution is -2.51. The summed E-state index contributed by atoms with van der Waals surface area (Å²) in [6, 6.07) is 7.66. The number of carbonyl (C=O) groups excluding carboxylic acids is 1. The van der Waals surface area contributed by atoms with Crippen LogP contribution in [0, 0.1) is 0 Å². The molecule has 3 rings (SSSR count). The average molecular weight is 545 g/mol. The number of aliphatic hydroxyl groups excluding tert-OH is 1. The van der Waals surface area contributed by atoms with Gasteiger partial charge in [0.05, 0.1) is 12.7 Å². The largest absolute Gasteiger partial charge is 0.462 e. The van der Waals surface area contributed by atoms with Gasteiger partial charge in [-0.05, 0) is 32.9 Å². The summed E-state index contributed by atoms with van der Waals surface area (Å²) < 4.78 is 49.7. The molecule has 15 heteroatoms. The van der Waals surface area contributed by atoms with E-state index in [1.807, 2.05) is 4.98 Å². The van der Waals surface area contributed by atoms with Crippen LogP contribution < -0.4 is 20.9 Å². The molecule has 1 fully saturated rings. The van der Waals surface area contributed by atoms with Crippen molar-refractivity contribution < 1.29 is 42.5 Å². The Morgan fingerprint density at radius 1 is 1.27 bits per heavy atom. The van der Waals surface area contributed by atoms with Crippen LogP contribution in [0.3, 0.4) is 0 Å². The molecule has 2 aromatic rings. The van der Waals surface area contributed by atoms with Crippen molar-refractivity contribution in [2.75, 3.05) is 13.3 Å². The lowest BCUT2D eigenvalue weighted by atomic mass is 9.95. The second-order valence-electron chi connectivity index (χ2n) is 8.65. The number of aromatic amines is 1. The molecule has 0 saturated carbocycles. The number of esters is 1. The molecule has 1 saturated heterocycles. The van der Waals surface area contributed by atoms with E-state index in [1.165, 1.54) is 19.1 Å². The number of aliphatic hydroxyl groups is 2. The number of H-pyrrole nitrogens is 1. The predicted octanol–water partition coefficient (Wildman–Crippen LogP) is 0.629. The van der Waals surface area contributed by atoms with Gasteiger partial charge in [-0.3, -0.25) is 23.7 Å². The number of nitrogens with one attached hydrogen (secondary N) is 2. The van der Waals surface area contributed by atoms with Gasteiger partial charge in [-0.15, -0.1) is 0 Å². The summed E-state index contributed by atoms with van der Waals surface area (Å²) in [5.74, 6) is -0.620. The molecular weight excluding hydrogens is 516 g/mol.